The van der Waals surface area contributed by atoms with Crippen molar-refractivity contribution in [3.63, 3.8) is 0 Å². The molecule has 5 heteroatoms. The number of rotatable bonds is 2. The van der Waals surface area contributed by atoms with Crippen LogP contribution in [-0.4, -0.2) is 23.4 Å². The van der Waals surface area contributed by atoms with Crippen LogP contribution in [0, 0.1) is 12.7 Å². The van der Waals surface area contributed by atoms with Gasteiger partial charge in [-0.3, -0.25) is 0 Å². The number of aromatic nitrogens is 2. The summed E-state index contributed by atoms with van der Waals surface area (Å²) in [6.07, 6.45) is 0.918. The number of hydrogen-bond donors (Lipinski definition) is 0. The highest BCUT2D eigenvalue weighted by Gasteiger charge is 2.23. The van der Waals surface area contributed by atoms with Gasteiger partial charge in [0.05, 0.1) is 6.61 Å². The van der Waals surface area contributed by atoms with Gasteiger partial charge in [0.25, 0.3) is 5.89 Å². The quantitative estimate of drug-likeness (QED) is 0.819. The van der Waals surface area contributed by atoms with Crippen molar-refractivity contribution in [3.05, 3.63) is 35.4 Å². The van der Waals surface area contributed by atoms with Crippen molar-refractivity contribution in [2.75, 3.05) is 13.2 Å². The van der Waals surface area contributed by atoms with Crippen LogP contribution in [0.2, 0.25) is 0 Å². The Labute approximate surface area is 104 Å². The SMILES string of the molecule is Cc1cc(F)ccc1-c1nc([C@H]2CCOC2)no1. The summed E-state index contributed by atoms with van der Waals surface area (Å²) >= 11 is 0. The highest BCUT2D eigenvalue weighted by molar-refractivity contribution is 5.57. The van der Waals surface area contributed by atoms with Gasteiger partial charge in [0.2, 0.25) is 0 Å². The number of nitrogens with zero attached hydrogens (tertiary/aromatic N) is 2. The molecule has 2 heterocycles. The predicted molar refractivity (Wildman–Crippen MR) is 62.6 cm³/mol. The van der Waals surface area contributed by atoms with Crippen LogP contribution in [0.4, 0.5) is 4.39 Å². The minimum absolute atomic E-state index is 0.211. The summed E-state index contributed by atoms with van der Waals surface area (Å²) in [5.41, 5.74) is 1.56. The highest BCUT2D eigenvalue weighted by atomic mass is 19.1. The van der Waals surface area contributed by atoms with E-state index in [1.54, 1.807) is 6.07 Å². The number of hydrogen-bond acceptors (Lipinski definition) is 4. The van der Waals surface area contributed by atoms with E-state index in [2.05, 4.69) is 10.1 Å². The van der Waals surface area contributed by atoms with Crippen molar-refractivity contribution >= 4 is 0 Å². The fourth-order valence-electron chi connectivity index (χ4n) is 2.12. The molecule has 18 heavy (non-hydrogen) atoms. The first-order chi connectivity index (χ1) is 8.74. The van der Waals surface area contributed by atoms with Crippen molar-refractivity contribution < 1.29 is 13.7 Å². The van der Waals surface area contributed by atoms with Crippen LogP contribution >= 0.6 is 0 Å². The Morgan fingerprint density at radius 1 is 1.39 bits per heavy atom. The van der Waals surface area contributed by atoms with Crippen molar-refractivity contribution in [1.29, 1.82) is 0 Å². The zero-order valence-corrected chi connectivity index (χ0v) is 10.0. The topological polar surface area (TPSA) is 48.2 Å². The average molecular weight is 248 g/mol. The van der Waals surface area contributed by atoms with Crippen LogP contribution in [0.5, 0.6) is 0 Å². The molecular formula is C13H13FN2O2. The highest BCUT2D eigenvalue weighted by Crippen LogP contribution is 2.27. The number of ether oxygens (including phenoxy) is 1. The molecule has 0 unspecified atom stereocenters. The lowest BCUT2D eigenvalue weighted by Gasteiger charge is -2.00. The molecule has 1 aliphatic heterocycles. The van der Waals surface area contributed by atoms with Gasteiger partial charge in [-0.05, 0) is 37.1 Å². The Morgan fingerprint density at radius 3 is 3.00 bits per heavy atom. The van der Waals surface area contributed by atoms with E-state index in [1.807, 2.05) is 6.92 Å². The average Bonchev–Trinajstić information content (AvgIpc) is 2.99. The molecule has 0 amide bonds. The molecule has 0 saturated carbocycles. The smallest absolute Gasteiger partial charge is 0.258 e. The number of benzene rings is 1. The van der Waals surface area contributed by atoms with E-state index in [9.17, 15) is 4.39 Å². The molecule has 1 fully saturated rings. The summed E-state index contributed by atoms with van der Waals surface area (Å²) in [4.78, 5) is 4.37. The van der Waals surface area contributed by atoms with Gasteiger partial charge >= 0.3 is 0 Å². The van der Waals surface area contributed by atoms with E-state index >= 15 is 0 Å². The molecule has 4 nitrogen and oxygen atoms in total. The largest absolute Gasteiger partial charge is 0.381 e. The monoisotopic (exact) mass is 248 g/mol. The van der Waals surface area contributed by atoms with Gasteiger partial charge in [-0.1, -0.05) is 5.16 Å². The minimum Gasteiger partial charge on any atom is -0.381 e. The van der Waals surface area contributed by atoms with E-state index < -0.39 is 0 Å². The molecule has 1 atom stereocenters. The van der Waals surface area contributed by atoms with E-state index in [0.29, 0.717) is 18.3 Å². The first-order valence-electron chi connectivity index (χ1n) is 5.92. The van der Waals surface area contributed by atoms with Crippen molar-refractivity contribution in [1.82, 2.24) is 10.1 Å². The van der Waals surface area contributed by atoms with E-state index in [1.165, 1.54) is 12.1 Å². The summed E-state index contributed by atoms with van der Waals surface area (Å²) in [6.45, 7) is 3.20. The Balaban J connectivity index is 1.92. The maximum atomic E-state index is 13.0. The predicted octanol–water partition coefficient (Wildman–Crippen LogP) is 2.69. The molecule has 1 saturated heterocycles. The lowest BCUT2D eigenvalue weighted by atomic mass is 10.1. The zero-order valence-electron chi connectivity index (χ0n) is 10.0. The molecule has 0 radical (unpaired) electrons. The van der Waals surface area contributed by atoms with Gasteiger partial charge in [-0.2, -0.15) is 4.98 Å². The lowest BCUT2D eigenvalue weighted by molar-refractivity contribution is 0.192. The van der Waals surface area contributed by atoms with Crippen molar-refractivity contribution in [3.8, 4) is 11.5 Å². The number of halogens is 1. The molecule has 1 aliphatic rings. The third kappa shape index (κ3) is 2.01. The summed E-state index contributed by atoms with van der Waals surface area (Å²) in [6, 6.07) is 4.51. The van der Waals surface area contributed by atoms with Crippen LogP contribution in [0.3, 0.4) is 0 Å². The van der Waals surface area contributed by atoms with Gasteiger partial charge in [-0.15, -0.1) is 0 Å². The normalized spacial score (nSPS) is 19.3. The first-order valence-corrected chi connectivity index (χ1v) is 5.92. The zero-order chi connectivity index (χ0) is 12.5. The molecule has 0 bridgehead atoms. The van der Waals surface area contributed by atoms with Crippen LogP contribution in [0.15, 0.2) is 22.7 Å². The van der Waals surface area contributed by atoms with E-state index in [-0.39, 0.29) is 11.7 Å². The second-order valence-corrected chi connectivity index (χ2v) is 4.48. The molecule has 0 aliphatic carbocycles. The third-order valence-electron chi connectivity index (χ3n) is 3.16. The Bertz CT molecular complexity index is 562. The number of aryl methyl sites for hydroxylation is 1. The molecule has 2 aromatic rings. The van der Waals surface area contributed by atoms with Gasteiger partial charge in [0.15, 0.2) is 5.82 Å². The Morgan fingerprint density at radius 2 is 2.28 bits per heavy atom. The standard InChI is InChI=1S/C13H13FN2O2/c1-8-6-10(14)2-3-11(8)13-15-12(16-18-13)9-4-5-17-7-9/h2-3,6,9H,4-5,7H2,1H3/t9-/m0/s1. The van der Waals surface area contributed by atoms with E-state index in [0.717, 1.165) is 24.2 Å². The summed E-state index contributed by atoms with van der Waals surface area (Å²) < 4.78 is 23.6. The summed E-state index contributed by atoms with van der Waals surface area (Å²) in [5.74, 6) is 1.06. The molecule has 1 aromatic carbocycles. The molecule has 3 rings (SSSR count). The summed E-state index contributed by atoms with van der Waals surface area (Å²) in [5, 5.41) is 3.98. The second-order valence-electron chi connectivity index (χ2n) is 4.48. The van der Waals surface area contributed by atoms with Gasteiger partial charge in [0, 0.05) is 18.1 Å². The first kappa shape index (κ1) is 11.3. The van der Waals surface area contributed by atoms with Crippen LogP contribution in [0.1, 0.15) is 23.7 Å². The van der Waals surface area contributed by atoms with Crippen LogP contribution in [-0.2, 0) is 4.74 Å². The Hall–Kier alpha value is -1.75. The summed E-state index contributed by atoms with van der Waals surface area (Å²) in [7, 11) is 0. The minimum atomic E-state index is -0.264. The Kier molecular flexibility index (Phi) is 2.83. The van der Waals surface area contributed by atoms with Crippen molar-refractivity contribution in [2.45, 2.75) is 19.3 Å². The fourth-order valence-corrected chi connectivity index (χ4v) is 2.12. The molecule has 0 spiro atoms. The lowest BCUT2D eigenvalue weighted by Crippen LogP contribution is -1.99. The molecule has 94 valence electrons. The molecular weight excluding hydrogens is 235 g/mol. The van der Waals surface area contributed by atoms with Gasteiger partial charge in [0.1, 0.15) is 5.82 Å². The second kappa shape index (κ2) is 4.49. The van der Waals surface area contributed by atoms with Gasteiger partial charge in [-0.25, -0.2) is 4.39 Å². The van der Waals surface area contributed by atoms with E-state index in [4.69, 9.17) is 9.26 Å². The third-order valence-corrected chi connectivity index (χ3v) is 3.16. The maximum absolute atomic E-state index is 13.0. The van der Waals surface area contributed by atoms with Gasteiger partial charge < -0.3 is 9.26 Å². The fraction of sp³-hybridized carbons (Fsp3) is 0.385. The van der Waals surface area contributed by atoms with Crippen molar-refractivity contribution in [2.24, 2.45) is 0 Å². The van der Waals surface area contributed by atoms with Crippen LogP contribution < -0.4 is 0 Å². The molecule has 1 aromatic heterocycles. The molecule has 0 N–H and O–H groups in total. The van der Waals surface area contributed by atoms with Crippen LogP contribution in [0.25, 0.3) is 11.5 Å². The maximum Gasteiger partial charge on any atom is 0.258 e.